The van der Waals surface area contributed by atoms with Crippen LogP contribution in [0.2, 0.25) is 0 Å². The number of hydrogen-bond acceptors (Lipinski definition) is 3. The molecule has 0 aromatic heterocycles. The van der Waals surface area contributed by atoms with Crippen molar-refractivity contribution < 1.29 is 14.4 Å². The van der Waals surface area contributed by atoms with Gasteiger partial charge >= 0.3 is 0 Å². The summed E-state index contributed by atoms with van der Waals surface area (Å²) < 4.78 is 0. The van der Waals surface area contributed by atoms with E-state index in [0.29, 0.717) is 16.9 Å². The Balaban J connectivity index is 1.98. The molecule has 136 valence electrons. The van der Waals surface area contributed by atoms with E-state index in [1.54, 1.807) is 24.3 Å². The number of para-hydroxylation sites is 1. The molecule has 2 N–H and O–H groups in total. The number of nitrogens with one attached hydrogen (secondary N) is 2. The van der Waals surface area contributed by atoms with Crippen molar-refractivity contribution in [3.63, 3.8) is 0 Å². The van der Waals surface area contributed by atoms with Crippen molar-refractivity contribution in [2.24, 2.45) is 0 Å². The average Bonchev–Trinajstić information content (AvgIpc) is 2.54. The first kappa shape index (κ1) is 19.4. The Kier molecular flexibility index (Phi) is 5.93. The van der Waals surface area contributed by atoms with E-state index in [0.717, 1.165) is 5.56 Å². The topological polar surface area (TPSA) is 75.3 Å². The molecule has 0 saturated carbocycles. The van der Waals surface area contributed by atoms with Crippen LogP contribution < -0.4 is 10.6 Å². The molecule has 0 aliphatic rings. The molecule has 2 amide bonds. The zero-order valence-electron chi connectivity index (χ0n) is 15.6. The van der Waals surface area contributed by atoms with Crippen molar-refractivity contribution in [1.29, 1.82) is 0 Å². The molecule has 5 nitrogen and oxygen atoms in total. The summed E-state index contributed by atoms with van der Waals surface area (Å²) in [6, 6.07) is 14.1. The Labute approximate surface area is 153 Å². The van der Waals surface area contributed by atoms with Crippen molar-refractivity contribution in [3.05, 3.63) is 59.7 Å². The van der Waals surface area contributed by atoms with Crippen LogP contribution in [0.1, 0.15) is 50.0 Å². The van der Waals surface area contributed by atoms with Crippen molar-refractivity contribution in [2.75, 3.05) is 10.6 Å². The van der Waals surface area contributed by atoms with Crippen LogP contribution in [0.3, 0.4) is 0 Å². The van der Waals surface area contributed by atoms with E-state index in [4.69, 9.17) is 0 Å². The second-order valence-corrected chi connectivity index (χ2v) is 7.20. The lowest BCUT2D eigenvalue weighted by Crippen LogP contribution is -2.23. The molecule has 0 atom stereocenters. The van der Waals surface area contributed by atoms with Crippen molar-refractivity contribution >= 4 is 29.0 Å². The van der Waals surface area contributed by atoms with Crippen LogP contribution in [-0.4, -0.2) is 17.6 Å². The first-order chi connectivity index (χ1) is 12.2. The molecule has 0 spiro atoms. The zero-order valence-corrected chi connectivity index (χ0v) is 15.6. The van der Waals surface area contributed by atoms with Gasteiger partial charge in [-0.05, 0) is 48.2 Å². The molecule has 0 bridgehead atoms. The number of rotatable bonds is 5. The molecular weight excluding hydrogens is 328 g/mol. The fraction of sp³-hybridized carbons (Fsp3) is 0.286. The third kappa shape index (κ3) is 5.28. The summed E-state index contributed by atoms with van der Waals surface area (Å²) in [5.41, 5.74) is 2.71. The van der Waals surface area contributed by atoms with Crippen molar-refractivity contribution in [1.82, 2.24) is 0 Å². The molecule has 2 rings (SSSR count). The van der Waals surface area contributed by atoms with Gasteiger partial charge in [0.25, 0.3) is 0 Å². The number of benzene rings is 2. The van der Waals surface area contributed by atoms with Gasteiger partial charge in [-0.25, -0.2) is 0 Å². The number of Topliss-reactive ketones (excluding diaryl/α,β-unsaturated/α-hetero) is 1. The molecule has 2 aromatic rings. The SMILES string of the molecule is CC(=O)c1ccc(NC(=O)CC(=O)Nc2ccccc2C(C)(C)C)cc1. The van der Waals surface area contributed by atoms with Gasteiger partial charge in [0.1, 0.15) is 6.42 Å². The molecule has 0 fully saturated rings. The van der Waals surface area contributed by atoms with Gasteiger partial charge in [-0.15, -0.1) is 0 Å². The molecule has 0 heterocycles. The van der Waals surface area contributed by atoms with Crippen LogP contribution in [0.5, 0.6) is 0 Å². The summed E-state index contributed by atoms with van der Waals surface area (Å²) in [6.45, 7) is 7.67. The monoisotopic (exact) mass is 352 g/mol. The van der Waals surface area contributed by atoms with Crippen LogP contribution in [0.4, 0.5) is 11.4 Å². The molecule has 0 aliphatic carbocycles. The molecule has 5 heteroatoms. The normalized spacial score (nSPS) is 10.9. The quantitative estimate of drug-likeness (QED) is 0.627. The summed E-state index contributed by atoms with van der Waals surface area (Å²) >= 11 is 0. The van der Waals surface area contributed by atoms with Gasteiger partial charge in [0.15, 0.2) is 5.78 Å². The summed E-state index contributed by atoms with van der Waals surface area (Å²) in [6.07, 6.45) is -0.285. The predicted molar refractivity (Wildman–Crippen MR) is 103 cm³/mol. The third-order valence-corrected chi connectivity index (χ3v) is 3.91. The smallest absolute Gasteiger partial charge is 0.233 e. The van der Waals surface area contributed by atoms with Gasteiger partial charge in [-0.1, -0.05) is 39.0 Å². The Morgan fingerprint density at radius 1 is 0.846 bits per heavy atom. The van der Waals surface area contributed by atoms with E-state index in [1.807, 2.05) is 24.3 Å². The maximum Gasteiger partial charge on any atom is 0.233 e. The minimum absolute atomic E-state index is 0.0419. The van der Waals surface area contributed by atoms with Gasteiger partial charge in [-0.2, -0.15) is 0 Å². The summed E-state index contributed by atoms with van der Waals surface area (Å²) in [5.74, 6) is -0.828. The van der Waals surface area contributed by atoms with E-state index in [1.165, 1.54) is 6.92 Å². The van der Waals surface area contributed by atoms with Crippen LogP contribution >= 0.6 is 0 Å². The van der Waals surface area contributed by atoms with E-state index in [-0.39, 0.29) is 23.5 Å². The highest BCUT2D eigenvalue weighted by molar-refractivity contribution is 6.08. The maximum absolute atomic E-state index is 12.2. The lowest BCUT2D eigenvalue weighted by molar-refractivity contribution is -0.123. The molecule has 26 heavy (non-hydrogen) atoms. The Morgan fingerprint density at radius 2 is 1.42 bits per heavy atom. The van der Waals surface area contributed by atoms with Crippen LogP contribution in [0.15, 0.2) is 48.5 Å². The Hall–Kier alpha value is -2.95. The standard InChI is InChI=1S/C21H24N2O3/c1-14(24)15-9-11-16(12-10-15)22-19(25)13-20(26)23-18-8-6-5-7-17(18)21(2,3)4/h5-12H,13H2,1-4H3,(H,22,25)(H,23,26). The first-order valence-corrected chi connectivity index (χ1v) is 8.47. The fourth-order valence-electron chi connectivity index (χ4n) is 2.58. The molecule has 2 aromatic carbocycles. The predicted octanol–water partition coefficient (Wildman–Crippen LogP) is 4.15. The second-order valence-electron chi connectivity index (χ2n) is 7.20. The highest BCUT2D eigenvalue weighted by atomic mass is 16.2. The van der Waals surface area contributed by atoms with Crippen molar-refractivity contribution in [3.8, 4) is 0 Å². The van der Waals surface area contributed by atoms with Crippen LogP contribution in [0, 0.1) is 0 Å². The molecule has 0 aliphatic heterocycles. The van der Waals surface area contributed by atoms with Crippen molar-refractivity contribution in [2.45, 2.75) is 39.5 Å². The highest BCUT2D eigenvalue weighted by Gasteiger charge is 2.19. The fourth-order valence-corrected chi connectivity index (χ4v) is 2.58. The van der Waals surface area contributed by atoms with Gasteiger partial charge in [-0.3, -0.25) is 14.4 Å². The summed E-state index contributed by atoms with van der Waals surface area (Å²) in [7, 11) is 0. The second kappa shape index (κ2) is 7.95. The minimum Gasteiger partial charge on any atom is -0.326 e. The molecule has 0 unspecified atom stereocenters. The van der Waals surface area contributed by atoms with Gasteiger partial charge < -0.3 is 10.6 Å². The molecule has 0 radical (unpaired) electrons. The largest absolute Gasteiger partial charge is 0.326 e. The Morgan fingerprint density at radius 3 is 2.00 bits per heavy atom. The highest BCUT2D eigenvalue weighted by Crippen LogP contribution is 2.29. The number of carbonyl (C=O) groups is 3. The molecule has 0 saturated heterocycles. The lowest BCUT2D eigenvalue weighted by Gasteiger charge is -2.22. The van der Waals surface area contributed by atoms with Gasteiger partial charge in [0.05, 0.1) is 0 Å². The van der Waals surface area contributed by atoms with Gasteiger partial charge in [0.2, 0.25) is 11.8 Å². The first-order valence-electron chi connectivity index (χ1n) is 8.47. The maximum atomic E-state index is 12.2. The third-order valence-electron chi connectivity index (χ3n) is 3.91. The number of amides is 2. The molecular formula is C21H24N2O3. The van der Waals surface area contributed by atoms with E-state index < -0.39 is 5.91 Å². The van der Waals surface area contributed by atoms with Gasteiger partial charge in [0, 0.05) is 16.9 Å². The number of hydrogen-bond donors (Lipinski definition) is 2. The minimum atomic E-state index is -0.411. The average molecular weight is 352 g/mol. The number of ketones is 1. The van der Waals surface area contributed by atoms with Crippen LogP contribution in [-0.2, 0) is 15.0 Å². The Bertz CT molecular complexity index is 818. The van der Waals surface area contributed by atoms with Crippen LogP contribution in [0.25, 0.3) is 0 Å². The van der Waals surface area contributed by atoms with E-state index in [2.05, 4.69) is 31.4 Å². The summed E-state index contributed by atoms with van der Waals surface area (Å²) in [5, 5.41) is 5.47. The number of anilines is 2. The number of carbonyl (C=O) groups excluding carboxylic acids is 3. The van der Waals surface area contributed by atoms with E-state index in [9.17, 15) is 14.4 Å². The summed E-state index contributed by atoms with van der Waals surface area (Å²) in [4.78, 5) is 35.5. The zero-order chi connectivity index (χ0) is 19.3. The lowest BCUT2D eigenvalue weighted by atomic mass is 9.86. The van der Waals surface area contributed by atoms with E-state index >= 15 is 0 Å².